The van der Waals surface area contributed by atoms with E-state index in [2.05, 4.69) is 4.98 Å². The summed E-state index contributed by atoms with van der Waals surface area (Å²) in [4.78, 5) is 4.05. The zero-order chi connectivity index (χ0) is 9.40. The zero-order valence-electron chi connectivity index (χ0n) is 8.29. The van der Waals surface area contributed by atoms with Gasteiger partial charge >= 0.3 is 0 Å². The molecule has 2 heteroatoms. The van der Waals surface area contributed by atoms with Gasteiger partial charge in [-0.15, -0.1) is 0 Å². The van der Waals surface area contributed by atoms with Crippen LogP contribution in [0.3, 0.4) is 0 Å². The SMILES string of the molecule is CC.CCOc1ncccc1C. The zero-order valence-corrected chi connectivity index (χ0v) is 8.29. The lowest BCUT2D eigenvalue weighted by atomic mass is 10.3. The third kappa shape index (κ3) is 3.37. The van der Waals surface area contributed by atoms with Crippen molar-refractivity contribution in [3.05, 3.63) is 23.9 Å². The minimum atomic E-state index is 0.678. The molecule has 1 aromatic heterocycles. The van der Waals surface area contributed by atoms with Gasteiger partial charge < -0.3 is 4.74 Å². The van der Waals surface area contributed by atoms with E-state index in [0.29, 0.717) is 6.61 Å². The smallest absolute Gasteiger partial charge is 0.216 e. The van der Waals surface area contributed by atoms with E-state index in [1.54, 1.807) is 6.20 Å². The molecule has 1 heterocycles. The molecule has 12 heavy (non-hydrogen) atoms. The lowest BCUT2D eigenvalue weighted by molar-refractivity contribution is 0.324. The largest absolute Gasteiger partial charge is 0.478 e. The van der Waals surface area contributed by atoms with Crippen LogP contribution in [0.15, 0.2) is 18.3 Å². The highest BCUT2D eigenvalue weighted by Gasteiger charge is 1.95. The van der Waals surface area contributed by atoms with Gasteiger partial charge in [-0.05, 0) is 19.9 Å². The molecule has 0 bridgehead atoms. The summed E-state index contributed by atoms with van der Waals surface area (Å²) in [5.41, 5.74) is 1.09. The van der Waals surface area contributed by atoms with Crippen LogP contribution in [0.4, 0.5) is 0 Å². The molecule has 0 unspecified atom stereocenters. The molecule has 0 saturated carbocycles. The van der Waals surface area contributed by atoms with Crippen LogP contribution in [-0.2, 0) is 0 Å². The Kier molecular flexibility index (Phi) is 6.07. The lowest BCUT2D eigenvalue weighted by Crippen LogP contribution is -1.95. The Bertz CT molecular complexity index is 211. The van der Waals surface area contributed by atoms with Gasteiger partial charge in [0, 0.05) is 11.8 Å². The van der Waals surface area contributed by atoms with Crippen molar-refractivity contribution in [1.29, 1.82) is 0 Å². The fourth-order valence-electron chi connectivity index (χ4n) is 0.759. The van der Waals surface area contributed by atoms with E-state index >= 15 is 0 Å². The van der Waals surface area contributed by atoms with Crippen molar-refractivity contribution in [3.8, 4) is 5.88 Å². The first-order chi connectivity index (χ1) is 5.84. The number of aryl methyl sites for hydroxylation is 1. The first-order valence-electron chi connectivity index (χ1n) is 4.39. The van der Waals surface area contributed by atoms with Crippen molar-refractivity contribution < 1.29 is 4.74 Å². The highest BCUT2D eigenvalue weighted by molar-refractivity contribution is 5.22. The Hall–Kier alpha value is -1.05. The average molecular weight is 167 g/mol. The predicted molar refractivity (Wildman–Crippen MR) is 51.5 cm³/mol. The summed E-state index contributed by atoms with van der Waals surface area (Å²) in [6.45, 7) is 8.62. The van der Waals surface area contributed by atoms with Gasteiger partial charge in [0.25, 0.3) is 0 Å². The summed E-state index contributed by atoms with van der Waals surface area (Å²) in [7, 11) is 0. The fourth-order valence-corrected chi connectivity index (χ4v) is 0.759. The molecule has 0 aliphatic rings. The minimum Gasteiger partial charge on any atom is -0.478 e. The molecule has 1 aromatic rings. The summed E-state index contributed by atoms with van der Waals surface area (Å²) < 4.78 is 5.23. The molecule has 0 fully saturated rings. The van der Waals surface area contributed by atoms with Gasteiger partial charge in [-0.3, -0.25) is 0 Å². The number of ether oxygens (including phenoxy) is 1. The highest BCUT2D eigenvalue weighted by Crippen LogP contribution is 2.11. The van der Waals surface area contributed by atoms with Crippen molar-refractivity contribution >= 4 is 0 Å². The number of rotatable bonds is 2. The van der Waals surface area contributed by atoms with Gasteiger partial charge in [0.15, 0.2) is 0 Å². The van der Waals surface area contributed by atoms with Crippen molar-refractivity contribution in [1.82, 2.24) is 4.98 Å². The van der Waals surface area contributed by atoms with Gasteiger partial charge in [-0.25, -0.2) is 4.98 Å². The molecule has 0 atom stereocenters. The van der Waals surface area contributed by atoms with Crippen LogP contribution >= 0.6 is 0 Å². The van der Waals surface area contributed by atoms with Gasteiger partial charge in [-0.2, -0.15) is 0 Å². The van der Waals surface area contributed by atoms with Crippen LogP contribution in [0.5, 0.6) is 5.88 Å². The third-order valence-corrected chi connectivity index (χ3v) is 1.24. The molecule has 0 aliphatic carbocycles. The highest BCUT2D eigenvalue weighted by atomic mass is 16.5. The van der Waals surface area contributed by atoms with Crippen molar-refractivity contribution in [3.63, 3.8) is 0 Å². The van der Waals surface area contributed by atoms with E-state index in [-0.39, 0.29) is 0 Å². The maximum Gasteiger partial charge on any atom is 0.216 e. The fraction of sp³-hybridized carbons (Fsp3) is 0.500. The Morgan fingerprint density at radius 3 is 2.58 bits per heavy atom. The second-order valence-corrected chi connectivity index (χ2v) is 2.06. The third-order valence-electron chi connectivity index (χ3n) is 1.24. The number of hydrogen-bond donors (Lipinski definition) is 0. The van der Waals surface area contributed by atoms with Crippen LogP contribution < -0.4 is 4.74 Å². The lowest BCUT2D eigenvalue weighted by Gasteiger charge is -2.02. The number of pyridine rings is 1. The molecule has 0 spiro atoms. The minimum absolute atomic E-state index is 0.678. The molecule has 0 aromatic carbocycles. The quantitative estimate of drug-likeness (QED) is 0.675. The van der Waals surface area contributed by atoms with E-state index in [4.69, 9.17) is 4.74 Å². The summed E-state index contributed by atoms with van der Waals surface area (Å²) >= 11 is 0. The van der Waals surface area contributed by atoms with Crippen LogP contribution in [-0.4, -0.2) is 11.6 Å². The normalized spacial score (nSPS) is 8.33. The molecular weight excluding hydrogens is 150 g/mol. The maximum absolute atomic E-state index is 5.23. The van der Waals surface area contributed by atoms with Crippen LogP contribution in [0.2, 0.25) is 0 Å². The monoisotopic (exact) mass is 167 g/mol. The van der Waals surface area contributed by atoms with E-state index in [0.717, 1.165) is 11.4 Å². The molecule has 0 radical (unpaired) electrons. The van der Waals surface area contributed by atoms with Crippen LogP contribution in [0, 0.1) is 6.92 Å². The summed E-state index contributed by atoms with van der Waals surface area (Å²) in [5, 5.41) is 0. The average Bonchev–Trinajstić information content (AvgIpc) is 2.13. The molecular formula is C10H17NO. The summed E-state index contributed by atoms with van der Waals surface area (Å²) in [6.07, 6.45) is 1.73. The molecule has 0 aliphatic heterocycles. The Morgan fingerprint density at radius 2 is 2.08 bits per heavy atom. The number of aromatic nitrogens is 1. The van der Waals surface area contributed by atoms with Gasteiger partial charge in [-0.1, -0.05) is 19.9 Å². The molecule has 2 nitrogen and oxygen atoms in total. The predicted octanol–water partition coefficient (Wildman–Crippen LogP) is 2.81. The van der Waals surface area contributed by atoms with Crippen molar-refractivity contribution in [2.75, 3.05) is 6.61 Å². The molecule has 0 N–H and O–H groups in total. The van der Waals surface area contributed by atoms with Crippen molar-refractivity contribution in [2.24, 2.45) is 0 Å². The maximum atomic E-state index is 5.23. The molecule has 0 amide bonds. The van der Waals surface area contributed by atoms with E-state index in [1.807, 2.05) is 39.8 Å². The number of hydrogen-bond acceptors (Lipinski definition) is 2. The molecule has 68 valence electrons. The van der Waals surface area contributed by atoms with E-state index in [9.17, 15) is 0 Å². The van der Waals surface area contributed by atoms with E-state index in [1.165, 1.54) is 0 Å². The van der Waals surface area contributed by atoms with Crippen LogP contribution in [0.1, 0.15) is 26.3 Å². The topological polar surface area (TPSA) is 22.1 Å². The molecule has 0 saturated heterocycles. The Morgan fingerprint density at radius 1 is 1.42 bits per heavy atom. The van der Waals surface area contributed by atoms with Gasteiger partial charge in [0.1, 0.15) is 0 Å². The molecule has 1 rings (SSSR count). The van der Waals surface area contributed by atoms with Gasteiger partial charge in [0.2, 0.25) is 5.88 Å². The van der Waals surface area contributed by atoms with Crippen molar-refractivity contribution in [2.45, 2.75) is 27.7 Å². The van der Waals surface area contributed by atoms with Gasteiger partial charge in [0.05, 0.1) is 6.61 Å². The number of nitrogens with zero attached hydrogens (tertiary/aromatic N) is 1. The van der Waals surface area contributed by atoms with Crippen LogP contribution in [0.25, 0.3) is 0 Å². The second-order valence-electron chi connectivity index (χ2n) is 2.06. The van der Waals surface area contributed by atoms with E-state index < -0.39 is 0 Å². The standard InChI is InChI=1S/C8H11NO.C2H6/c1-3-10-8-7(2)5-4-6-9-8;1-2/h4-6H,3H2,1-2H3;1-2H3. The Labute approximate surface area is 74.6 Å². The first-order valence-corrected chi connectivity index (χ1v) is 4.39. The summed E-state index contributed by atoms with van der Waals surface area (Å²) in [5.74, 6) is 0.741. The first kappa shape index (κ1) is 11.0. The second kappa shape index (κ2) is 6.65. The summed E-state index contributed by atoms with van der Waals surface area (Å²) in [6, 6.07) is 3.88. The Balaban J connectivity index is 0.000000561.